The summed E-state index contributed by atoms with van der Waals surface area (Å²) in [6.45, 7) is 3.97. The van der Waals surface area contributed by atoms with Crippen molar-refractivity contribution in [2.24, 2.45) is 0 Å². The van der Waals surface area contributed by atoms with Crippen molar-refractivity contribution in [3.8, 4) is 5.75 Å². The van der Waals surface area contributed by atoms with Gasteiger partial charge in [-0.1, -0.05) is 6.92 Å². The van der Waals surface area contributed by atoms with Gasteiger partial charge in [-0.15, -0.1) is 0 Å². The van der Waals surface area contributed by atoms with E-state index in [1.54, 1.807) is 25.3 Å². The minimum absolute atomic E-state index is 0.0525. The van der Waals surface area contributed by atoms with Crippen LogP contribution in [0.15, 0.2) is 22.7 Å². The van der Waals surface area contributed by atoms with E-state index in [1.165, 1.54) is 0 Å². The van der Waals surface area contributed by atoms with Crippen LogP contribution in [0.5, 0.6) is 5.75 Å². The molecule has 1 unspecified atom stereocenters. The number of methoxy groups -OCH3 is 1. The highest BCUT2D eigenvalue weighted by molar-refractivity contribution is 9.10. The summed E-state index contributed by atoms with van der Waals surface area (Å²) in [7, 11) is 1.58. The Labute approximate surface area is 122 Å². The van der Waals surface area contributed by atoms with E-state index < -0.39 is 5.54 Å². The number of amides is 1. The zero-order valence-electron chi connectivity index (χ0n) is 11.5. The Morgan fingerprint density at radius 3 is 2.68 bits per heavy atom. The number of rotatable bonds is 6. The van der Waals surface area contributed by atoms with Gasteiger partial charge in [0.1, 0.15) is 5.75 Å². The van der Waals surface area contributed by atoms with Crippen molar-refractivity contribution in [2.45, 2.75) is 32.2 Å². The molecule has 1 amide bonds. The molecule has 2 N–H and O–H groups in total. The average molecular weight is 330 g/mol. The van der Waals surface area contributed by atoms with Gasteiger partial charge in [0.05, 0.1) is 11.6 Å². The average Bonchev–Trinajstić information content (AvgIpc) is 2.38. The van der Waals surface area contributed by atoms with Crippen molar-refractivity contribution >= 4 is 21.8 Å². The number of nitrogens with one attached hydrogen (secondary N) is 1. The van der Waals surface area contributed by atoms with Crippen LogP contribution in [0.4, 0.5) is 0 Å². The Morgan fingerprint density at radius 1 is 1.53 bits per heavy atom. The highest BCUT2D eigenvalue weighted by atomic mass is 79.9. The van der Waals surface area contributed by atoms with E-state index in [0.29, 0.717) is 17.7 Å². The minimum atomic E-state index is -0.391. The first-order chi connectivity index (χ1) is 8.95. The molecule has 0 saturated heterocycles. The molecule has 1 rings (SSSR count). The van der Waals surface area contributed by atoms with Crippen molar-refractivity contribution in [3.05, 3.63) is 28.2 Å². The van der Waals surface area contributed by atoms with Crippen molar-refractivity contribution in [1.82, 2.24) is 5.32 Å². The lowest BCUT2D eigenvalue weighted by molar-refractivity contribution is 0.0886. The Kier molecular flexibility index (Phi) is 5.82. The lowest BCUT2D eigenvalue weighted by Gasteiger charge is -2.29. The Hall–Kier alpha value is -1.07. The van der Waals surface area contributed by atoms with Crippen LogP contribution in [-0.2, 0) is 0 Å². The topological polar surface area (TPSA) is 58.6 Å². The van der Waals surface area contributed by atoms with Crippen LogP contribution in [0.25, 0.3) is 0 Å². The number of aliphatic hydroxyl groups excluding tert-OH is 1. The molecule has 19 heavy (non-hydrogen) atoms. The fourth-order valence-corrected chi connectivity index (χ4v) is 2.27. The molecule has 0 saturated carbocycles. The highest BCUT2D eigenvalue weighted by Crippen LogP contribution is 2.26. The summed E-state index contributed by atoms with van der Waals surface area (Å²) in [5, 5.41) is 12.0. The summed E-state index contributed by atoms with van der Waals surface area (Å²) in [6.07, 6.45) is 1.29. The summed E-state index contributed by atoms with van der Waals surface area (Å²) >= 11 is 3.36. The van der Waals surface area contributed by atoms with Crippen LogP contribution in [0, 0.1) is 0 Å². The van der Waals surface area contributed by atoms with E-state index in [1.807, 2.05) is 13.8 Å². The van der Waals surface area contributed by atoms with Crippen LogP contribution >= 0.6 is 15.9 Å². The second-order valence-corrected chi connectivity index (χ2v) is 5.55. The number of carbonyl (C=O) groups excluding carboxylic acids is 1. The van der Waals surface area contributed by atoms with E-state index in [2.05, 4.69) is 21.2 Å². The maximum absolute atomic E-state index is 12.2. The molecule has 0 aliphatic carbocycles. The third-order valence-electron chi connectivity index (χ3n) is 3.27. The van der Waals surface area contributed by atoms with Crippen LogP contribution in [0.2, 0.25) is 0 Å². The zero-order valence-corrected chi connectivity index (χ0v) is 13.1. The molecule has 106 valence electrons. The van der Waals surface area contributed by atoms with Gasteiger partial charge in [-0.3, -0.25) is 4.79 Å². The van der Waals surface area contributed by atoms with Gasteiger partial charge in [-0.2, -0.15) is 0 Å². The molecule has 0 heterocycles. The van der Waals surface area contributed by atoms with Gasteiger partial charge >= 0.3 is 0 Å². The van der Waals surface area contributed by atoms with Gasteiger partial charge in [-0.05, 0) is 53.9 Å². The predicted octanol–water partition coefficient (Wildman–Crippen LogP) is 2.74. The quantitative estimate of drug-likeness (QED) is 0.843. The summed E-state index contributed by atoms with van der Waals surface area (Å²) in [6, 6.07) is 5.19. The second kappa shape index (κ2) is 6.91. The Bertz CT molecular complexity index is 450. The molecule has 0 fully saturated rings. The fraction of sp³-hybridized carbons (Fsp3) is 0.500. The molecule has 1 aromatic rings. The summed E-state index contributed by atoms with van der Waals surface area (Å²) in [4.78, 5) is 12.2. The lowest BCUT2D eigenvalue weighted by Crippen LogP contribution is -2.46. The second-order valence-electron chi connectivity index (χ2n) is 4.69. The molecule has 5 heteroatoms. The molecule has 1 atom stereocenters. The molecule has 0 radical (unpaired) electrons. The fourth-order valence-electron chi connectivity index (χ4n) is 1.73. The van der Waals surface area contributed by atoms with Crippen molar-refractivity contribution in [3.63, 3.8) is 0 Å². The number of aliphatic hydroxyl groups is 1. The van der Waals surface area contributed by atoms with E-state index in [-0.39, 0.29) is 12.5 Å². The molecule has 4 nitrogen and oxygen atoms in total. The Morgan fingerprint density at radius 2 is 2.21 bits per heavy atom. The van der Waals surface area contributed by atoms with Gasteiger partial charge in [0, 0.05) is 17.7 Å². The van der Waals surface area contributed by atoms with Crippen molar-refractivity contribution in [2.75, 3.05) is 13.7 Å². The van der Waals surface area contributed by atoms with Gasteiger partial charge in [0.2, 0.25) is 0 Å². The number of hydrogen-bond donors (Lipinski definition) is 2. The van der Waals surface area contributed by atoms with Crippen LogP contribution in [0.3, 0.4) is 0 Å². The number of hydrogen-bond acceptors (Lipinski definition) is 3. The van der Waals surface area contributed by atoms with Crippen molar-refractivity contribution in [1.29, 1.82) is 0 Å². The maximum Gasteiger partial charge on any atom is 0.251 e. The van der Waals surface area contributed by atoms with Crippen LogP contribution in [-0.4, -0.2) is 30.3 Å². The van der Waals surface area contributed by atoms with E-state index in [4.69, 9.17) is 9.84 Å². The third kappa shape index (κ3) is 4.21. The monoisotopic (exact) mass is 329 g/mol. The third-order valence-corrected chi connectivity index (χ3v) is 3.89. The highest BCUT2D eigenvalue weighted by Gasteiger charge is 2.24. The molecular weight excluding hydrogens is 310 g/mol. The van der Waals surface area contributed by atoms with Gasteiger partial charge < -0.3 is 15.2 Å². The van der Waals surface area contributed by atoms with Crippen LogP contribution < -0.4 is 10.1 Å². The van der Waals surface area contributed by atoms with Gasteiger partial charge in [0.15, 0.2) is 0 Å². The molecule has 0 aliphatic rings. The summed E-state index contributed by atoms with van der Waals surface area (Å²) < 4.78 is 5.87. The molecular formula is C14H20BrNO3. The maximum atomic E-state index is 12.2. The number of benzene rings is 1. The number of carbonyl (C=O) groups is 1. The summed E-state index contributed by atoms with van der Waals surface area (Å²) in [5.41, 5.74) is 0.170. The molecule has 0 bridgehead atoms. The summed E-state index contributed by atoms with van der Waals surface area (Å²) in [5.74, 6) is 0.534. The molecule has 0 spiro atoms. The first-order valence-corrected chi connectivity index (χ1v) is 7.02. The largest absolute Gasteiger partial charge is 0.496 e. The minimum Gasteiger partial charge on any atom is -0.496 e. The SMILES string of the molecule is CCC(C)(CCO)NC(=O)c1ccc(OC)c(Br)c1. The molecule has 1 aromatic carbocycles. The normalized spacial score (nSPS) is 13.7. The molecule has 0 aliphatic heterocycles. The predicted molar refractivity (Wildman–Crippen MR) is 78.6 cm³/mol. The Balaban J connectivity index is 2.86. The zero-order chi connectivity index (χ0) is 14.5. The number of halogens is 1. The van der Waals surface area contributed by atoms with E-state index in [0.717, 1.165) is 10.9 Å². The van der Waals surface area contributed by atoms with Crippen molar-refractivity contribution < 1.29 is 14.6 Å². The smallest absolute Gasteiger partial charge is 0.251 e. The standard InChI is InChI=1S/C14H20BrNO3/c1-4-14(2,7-8-17)16-13(18)10-5-6-12(19-3)11(15)9-10/h5-6,9,17H,4,7-8H2,1-3H3,(H,16,18). The first kappa shape index (κ1) is 16.0. The van der Waals surface area contributed by atoms with Gasteiger partial charge in [-0.25, -0.2) is 0 Å². The van der Waals surface area contributed by atoms with E-state index >= 15 is 0 Å². The van der Waals surface area contributed by atoms with E-state index in [9.17, 15) is 4.79 Å². The molecule has 0 aromatic heterocycles. The first-order valence-electron chi connectivity index (χ1n) is 6.22. The van der Waals surface area contributed by atoms with Crippen LogP contribution in [0.1, 0.15) is 37.0 Å². The lowest BCUT2D eigenvalue weighted by atomic mass is 9.94. The van der Waals surface area contributed by atoms with Gasteiger partial charge in [0.25, 0.3) is 5.91 Å². The number of ether oxygens (including phenoxy) is 1.